The zero-order valence-corrected chi connectivity index (χ0v) is 25.5. The van der Waals surface area contributed by atoms with Gasteiger partial charge in [0.2, 0.25) is 0 Å². The average molecular weight is 574 g/mol. The Bertz CT molecular complexity index is 2120. The molecule has 2 heterocycles. The van der Waals surface area contributed by atoms with Gasteiger partial charge in [-0.3, -0.25) is 0 Å². The van der Waals surface area contributed by atoms with E-state index in [2.05, 4.69) is 107 Å². The molecule has 5 aromatic carbocycles. The summed E-state index contributed by atoms with van der Waals surface area (Å²) >= 11 is 1.84. The molecule has 8 rings (SSSR count). The van der Waals surface area contributed by atoms with Gasteiger partial charge in [-0.1, -0.05) is 131 Å². The summed E-state index contributed by atoms with van der Waals surface area (Å²) in [4.78, 5) is 15.1. The predicted octanol–water partition coefficient (Wildman–Crippen LogP) is 10.5. The van der Waals surface area contributed by atoms with Gasteiger partial charge in [-0.2, -0.15) is 0 Å². The Balaban J connectivity index is 1.42. The van der Waals surface area contributed by atoms with Gasteiger partial charge in [0.15, 0.2) is 17.5 Å². The van der Waals surface area contributed by atoms with Crippen molar-refractivity contribution in [3.63, 3.8) is 0 Å². The van der Waals surface area contributed by atoms with Crippen molar-refractivity contribution in [2.24, 2.45) is 0 Å². The number of aromatic nitrogens is 3. The molecule has 208 valence electrons. The number of hydrogen-bond donors (Lipinski definition) is 0. The van der Waals surface area contributed by atoms with Crippen molar-refractivity contribution in [2.45, 2.75) is 38.5 Å². The standard InChI is InChI=1S/C39H31N3S/c1-38(2)30-21-12-11-18-26(30)27-22-23-31-32(33(27)39(38,3)4)28-19-13-20-29(34(28)43-31)37-41-35(24-14-7-5-8-15-24)40-36(42-37)25-16-9-6-10-17-25/h5-23H,1-4H3. The molecule has 0 bridgehead atoms. The summed E-state index contributed by atoms with van der Waals surface area (Å²) in [6.45, 7) is 9.63. The third kappa shape index (κ3) is 3.83. The van der Waals surface area contributed by atoms with Crippen molar-refractivity contribution in [2.75, 3.05) is 0 Å². The Morgan fingerprint density at radius 1 is 0.488 bits per heavy atom. The van der Waals surface area contributed by atoms with Gasteiger partial charge in [0.25, 0.3) is 0 Å². The highest BCUT2D eigenvalue weighted by molar-refractivity contribution is 7.26. The maximum absolute atomic E-state index is 5.07. The van der Waals surface area contributed by atoms with E-state index in [1.807, 2.05) is 47.7 Å². The minimum absolute atomic E-state index is 0.0415. The summed E-state index contributed by atoms with van der Waals surface area (Å²) in [7, 11) is 0. The van der Waals surface area contributed by atoms with Gasteiger partial charge in [0.05, 0.1) is 0 Å². The Hall–Kier alpha value is -4.67. The zero-order valence-electron chi connectivity index (χ0n) is 24.7. The number of benzene rings is 5. The third-order valence-corrected chi connectivity index (χ3v) is 10.9. The zero-order chi connectivity index (χ0) is 29.3. The van der Waals surface area contributed by atoms with Crippen LogP contribution in [0.5, 0.6) is 0 Å². The van der Waals surface area contributed by atoms with E-state index in [1.54, 1.807) is 0 Å². The van der Waals surface area contributed by atoms with Crippen LogP contribution in [0, 0.1) is 0 Å². The molecule has 1 aliphatic carbocycles. The number of nitrogens with zero attached hydrogens (tertiary/aromatic N) is 3. The fourth-order valence-electron chi connectivity index (χ4n) is 6.78. The summed E-state index contributed by atoms with van der Waals surface area (Å²) in [5.41, 5.74) is 8.40. The second-order valence-corrected chi connectivity index (χ2v) is 13.5. The molecule has 7 aromatic rings. The Kier molecular flexibility index (Phi) is 5.69. The van der Waals surface area contributed by atoms with E-state index in [9.17, 15) is 0 Å². The Labute approximate surface area is 256 Å². The molecule has 0 atom stereocenters. The molecule has 0 aliphatic heterocycles. The van der Waals surface area contributed by atoms with Gasteiger partial charge < -0.3 is 0 Å². The van der Waals surface area contributed by atoms with Crippen molar-refractivity contribution >= 4 is 31.5 Å². The first kappa shape index (κ1) is 26.0. The summed E-state index contributed by atoms with van der Waals surface area (Å²) in [6.07, 6.45) is 0. The lowest BCUT2D eigenvalue weighted by Crippen LogP contribution is -2.43. The maximum Gasteiger partial charge on any atom is 0.165 e. The van der Waals surface area contributed by atoms with Gasteiger partial charge in [-0.15, -0.1) is 11.3 Å². The molecular weight excluding hydrogens is 543 g/mol. The molecule has 0 N–H and O–H groups in total. The first-order valence-electron chi connectivity index (χ1n) is 14.8. The van der Waals surface area contributed by atoms with E-state index in [-0.39, 0.29) is 10.8 Å². The van der Waals surface area contributed by atoms with Crippen LogP contribution in [0.4, 0.5) is 0 Å². The SMILES string of the molecule is CC1(C)c2ccccc2-c2ccc3sc4c(-c5nc(-c6ccccc6)nc(-c6ccccc6)n5)cccc4c3c2C1(C)C. The van der Waals surface area contributed by atoms with Crippen LogP contribution in [-0.4, -0.2) is 15.0 Å². The largest absolute Gasteiger partial charge is 0.208 e. The van der Waals surface area contributed by atoms with Crippen LogP contribution < -0.4 is 0 Å². The van der Waals surface area contributed by atoms with Crippen molar-refractivity contribution < 1.29 is 0 Å². The highest BCUT2D eigenvalue weighted by Crippen LogP contribution is 2.57. The maximum atomic E-state index is 5.07. The average Bonchev–Trinajstić information content (AvgIpc) is 3.43. The van der Waals surface area contributed by atoms with Crippen LogP contribution >= 0.6 is 11.3 Å². The van der Waals surface area contributed by atoms with Crippen molar-refractivity contribution in [3.05, 3.63) is 126 Å². The van der Waals surface area contributed by atoms with E-state index in [0.29, 0.717) is 17.5 Å². The molecule has 0 radical (unpaired) electrons. The monoisotopic (exact) mass is 573 g/mol. The predicted molar refractivity (Wildman–Crippen MR) is 181 cm³/mol. The fraction of sp³-hybridized carbons (Fsp3) is 0.154. The minimum Gasteiger partial charge on any atom is -0.208 e. The molecule has 0 spiro atoms. The molecule has 4 heteroatoms. The number of hydrogen-bond acceptors (Lipinski definition) is 4. The lowest BCUT2D eigenvalue weighted by Gasteiger charge is -2.48. The topological polar surface area (TPSA) is 38.7 Å². The fourth-order valence-corrected chi connectivity index (χ4v) is 8.00. The van der Waals surface area contributed by atoms with E-state index >= 15 is 0 Å². The van der Waals surface area contributed by atoms with Crippen LogP contribution in [0.15, 0.2) is 115 Å². The van der Waals surface area contributed by atoms with Gasteiger partial charge >= 0.3 is 0 Å². The molecular formula is C39H31N3S. The first-order valence-corrected chi connectivity index (χ1v) is 15.6. The minimum atomic E-state index is -0.0890. The normalized spacial score (nSPS) is 14.9. The quantitative estimate of drug-likeness (QED) is 0.211. The van der Waals surface area contributed by atoms with Crippen LogP contribution in [0.1, 0.15) is 38.8 Å². The van der Waals surface area contributed by atoms with Crippen molar-refractivity contribution in [3.8, 4) is 45.3 Å². The van der Waals surface area contributed by atoms with Gasteiger partial charge in [-0.25, -0.2) is 15.0 Å². The van der Waals surface area contributed by atoms with E-state index in [4.69, 9.17) is 15.0 Å². The summed E-state index contributed by atoms with van der Waals surface area (Å²) in [5.74, 6) is 2.06. The molecule has 1 aliphatic rings. The lowest BCUT2D eigenvalue weighted by molar-refractivity contribution is 0.301. The van der Waals surface area contributed by atoms with Crippen LogP contribution in [-0.2, 0) is 10.8 Å². The molecule has 0 saturated carbocycles. The highest BCUT2D eigenvalue weighted by Gasteiger charge is 2.46. The smallest absolute Gasteiger partial charge is 0.165 e. The Morgan fingerprint density at radius 3 is 1.74 bits per heavy atom. The highest BCUT2D eigenvalue weighted by atomic mass is 32.1. The molecule has 3 nitrogen and oxygen atoms in total. The molecule has 0 unspecified atom stereocenters. The molecule has 0 fully saturated rings. The van der Waals surface area contributed by atoms with Crippen LogP contribution in [0.2, 0.25) is 0 Å². The third-order valence-electron chi connectivity index (χ3n) is 9.68. The number of fused-ring (bicyclic) bond motifs is 7. The van der Waals surface area contributed by atoms with Crippen molar-refractivity contribution in [1.29, 1.82) is 0 Å². The molecule has 0 saturated heterocycles. The Morgan fingerprint density at radius 2 is 1.07 bits per heavy atom. The summed E-state index contributed by atoms with van der Waals surface area (Å²) < 4.78 is 2.51. The molecule has 43 heavy (non-hydrogen) atoms. The second-order valence-electron chi connectivity index (χ2n) is 12.5. The van der Waals surface area contributed by atoms with Crippen LogP contribution in [0.3, 0.4) is 0 Å². The van der Waals surface area contributed by atoms with Gasteiger partial charge in [-0.05, 0) is 39.8 Å². The summed E-state index contributed by atoms with van der Waals surface area (Å²) in [6, 6.07) is 40.6. The van der Waals surface area contributed by atoms with E-state index in [0.717, 1.165) is 16.7 Å². The van der Waals surface area contributed by atoms with E-state index in [1.165, 1.54) is 42.4 Å². The van der Waals surface area contributed by atoms with Gasteiger partial charge in [0.1, 0.15) is 0 Å². The first-order chi connectivity index (χ1) is 20.8. The summed E-state index contributed by atoms with van der Waals surface area (Å²) in [5, 5.41) is 2.62. The van der Waals surface area contributed by atoms with E-state index < -0.39 is 0 Å². The number of thiophene rings is 1. The molecule has 2 aromatic heterocycles. The second kappa shape index (κ2) is 9.42. The molecule has 0 amide bonds. The van der Waals surface area contributed by atoms with Gasteiger partial charge in [0, 0.05) is 42.3 Å². The van der Waals surface area contributed by atoms with Crippen molar-refractivity contribution in [1.82, 2.24) is 15.0 Å². The number of rotatable bonds is 3. The lowest BCUT2D eigenvalue weighted by atomic mass is 9.55. The van der Waals surface area contributed by atoms with Crippen LogP contribution in [0.25, 0.3) is 65.5 Å².